The Morgan fingerprint density at radius 3 is 2.60 bits per heavy atom. The zero-order valence-corrected chi connectivity index (χ0v) is 13.0. The molecule has 6 heteroatoms. The van der Waals surface area contributed by atoms with Crippen LogP contribution in [0.2, 0.25) is 5.02 Å². The third kappa shape index (κ3) is 3.52. The molecule has 1 aromatic rings. The third-order valence-corrected chi connectivity index (χ3v) is 5.43. The van der Waals surface area contributed by atoms with Crippen LogP contribution in [0.15, 0.2) is 24.3 Å². The Bertz CT molecular complexity index is 583. The van der Waals surface area contributed by atoms with Gasteiger partial charge in [0.1, 0.15) is 5.75 Å². The van der Waals surface area contributed by atoms with E-state index >= 15 is 0 Å². The van der Waals surface area contributed by atoms with Gasteiger partial charge in [-0.1, -0.05) is 30.7 Å². The minimum atomic E-state index is -3.28. The summed E-state index contributed by atoms with van der Waals surface area (Å²) in [5.74, 6) is -0.699. The first-order chi connectivity index (χ1) is 9.43. The van der Waals surface area contributed by atoms with Crippen LogP contribution in [0, 0.1) is 0 Å². The van der Waals surface area contributed by atoms with Crippen LogP contribution in [0.1, 0.15) is 31.4 Å². The van der Waals surface area contributed by atoms with E-state index in [9.17, 15) is 13.2 Å². The van der Waals surface area contributed by atoms with Crippen LogP contribution in [0.4, 0.5) is 0 Å². The van der Waals surface area contributed by atoms with Gasteiger partial charge in [-0.25, -0.2) is 8.42 Å². The first-order valence-corrected chi connectivity index (χ1v) is 8.88. The van der Waals surface area contributed by atoms with Crippen molar-refractivity contribution < 1.29 is 13.2 Å². The molecule has 1 unspecified atom stereocenters. The second kappa shape index (κ2) is 6.14. The Morgan fingerprint density at radius 1 is 1.35 bits per heavy atom. The Hall–Kier alpha value is -1.07. The number of carbonyl (C=O) groups is 1. The van der Waals surface area contributed by atoms with Crippen molar-refractivity contribution in [2.75, 3.05) is 18.1 Å². The molecule has 1 aliphatic rings. The summed E-state index contributed by atoms with van der Waals surface area (Å²) in [7, 11) is -3.28. The Morgan fingerprint density at radius 2 is 2.00 bits per heavy atom. The van der Waals surface area contributed by atoms with Gasteiger partial charge in [0.2, 0.25) is 5.91 Å². The van der Waals surface area contributed by atoms with Crippen molar-refractivity contribution in [3.63, 3.8) is 0 Å². The van der Waals surface area contributed by atoms with Crippen molar-refractivity contribution in [1.29, 1.82) is 0 Å². The van der Waals surface area contributed by atoms with Crippen LogP contribution in [0.25, 0.3) is 0 Å². The van der Waals surface area contributed by atoms with Gasteiger partial charge < -0.3 is 4.90 Å². The number of halogens is 1. The molecule has 0 N–H and O–H groups in total. The molecule has 1 saturated heterocycles. The smallest absolute Gasteiger partial charge is 0.238 e. The van der Waals surface area contributed by atoms with E-state index in [1.807, 2.05) is 12.1 Å². The normalized spacial score (nSPS) is 19.3. The number of benzene rings is 1. The van der Waals surface area contributed by atoms with Crippen molar-refractivity contribution in [3.05, 3.63) is 34.9 Å². The largest absolute Gasteiger partial charge is 0.335 e. The van der Waals surface area contributed by atoms with Crippen LogP contribution in [0.5, 0.6) is 0 Å². The molecule has 1 aliphatic heterocycles. The van der Waals surface area contributed by atoms with Crippen molar-refractivity contribution >= 4 is 27.3 Å². The molecule has 1 heterocycles. The van der Waals surface area contributed by atoms with E-state index in [4.69, 9.17) is 11.6 Å². The van der Waals surface area contributed by atoms with E-state index < -0.39 is 15.6 Å². The lowest BCUT2D eigenvalue weighted by Crippen LogP contribution is -2.35. The van der Waals surface area contributed by atoms with E-state index in [0.29, 0.717) is 11.6 Å². The molecule has 1 atom stereocenters. The average Bonchev–Trinajstić information content (AvgIpc) is 2.88. The number of sulfone groups is 1. The predicted octanol–water partition coefficient (Wildman–Crippen LogP) is 2.44. The van der Waals surface area contributed by atoms with Crippen molar-refractivity contribution in [2.45, 2.75) is 25.8 Å². The molecule has 2 rings (SSSR count). The standard InChI is InChI=1S/C14H18ClNO3S/c1-2-20(18,19)10-14(17)16-9-3-4-13(16)11-5-7-12(15)8-6-11/h5-8,13H,2-4,9-10H2,1H3. The van der Waals surface area contributed by atoms with Gasteiger partial charge in [-0.2, -0.15) is 0 Å². The molecule has 0 radical (unpaired) electrons. The van der Waals surface area contributed by atoms with Crippen molar-refractivity contribution in [3.8, 4) is 0 Å². The minimum Gasteiger partial charge on any atom is -0.335 e. The lowest BCUT2D eigenvalue weighted by molar-refractivity contribution is -0.129. The van der Waals surface area contributed by atoms with Crippen LogP contribution in [-0.2, 0) is 14.6 Å². The Kier molecular flexibility index (Phi) is 4.70. The van der Waals surface area contributed by atoms with Gasteiger partial charge in [-0.3, -0.25) is 4.79 Å². The van der Waals surface area contributed by atoms with E-state index in [-0.39, 0.29) is 17.7 Å². The molecular weight excluding hydrogens is 298 g/mol. The van der Waals surface area contributed by atoms with Gasteiger partial charge in [0.25, 0.3) is 0 Å². The SMILES string of the molecule is CCS(=O)(=O)CC(=O)N1CCCC1c1ccc(Cl)cc1. The molecule has 0 aliphatic carbocycles. The third-order valence-electron chi connectivity index (χ3n) is 3.61. The highest BCUT2D eigenvalue weighted by Gasteiger charge is 2.31. The molecule has 0 saturated carbocycles. The summed E-state index contributed by atoms with van der Waals surface area (Å²) in [4.78, 5) is 13.9. The molecule has 20 heavy (non-hydrogen) atoms. The maximum Gasteiger partial charge on any atom is 0.238 e. The fourth-order valence-corrected chi connectivity index (χ4v) is 3.34. The van der Waals surface area contributed by atoms with Crippen LogP contribution < -0.4 is 0 Å². The molecule has 0 spiro atoms. The number of likely N-dealkylation sites (tertiary alicyclic amines) is 1. The maximum absolute atomic E-state index is 12.2. The maximum atomic E-state index is 12.2. The van der Waals surface area contributed by atoms with Crippen LogP contribution >= 0.6 is 11.6 Å². The highest BCUT2D eigenvalue weighted by atomic mass is 35.5. The molecular formula is C14H18ClNO3S. The number of nitrogens with zero attached hydrogens (tertiary/aromatic N) is 1. The second-order valence-corrected chi connectivity index (χ2v) is 7.76. The van der Waals surface area contributed by atoms with Gasteiger partial charge in [0.05, 0.1) is 6.04 Å². The summed E-state index contributed by atoms with van der Waals surface area (Å²) in [6.07, 6.45) is 1.75. The molecule has 1 fully saturated rings. The number of amides is 1. The summed E-state index contributed by atoms with van der Waals surface area (Å²) in [6.45, 7) is 2.18. The highest BCUT2D eigenvalue weighted by Crippen LogP contribution is 2.32. The van der Waals surface area contributed by atoms with Crippen molar-refractivity contribution in [2.24, 2.45) is 0 Å². The van der Waals surface area contributed by atoms with Gasteiger partial charge in [-0.05, 0) is 30.5 Å². The quantitative estimate of drug-likeness (QED) is 0.857. The monoisotopic (exact) mass is 315 g/mol. The molecule has 1 amide bonds. The summed E-state index contributed by atoms with van der Waals surface area (Å²) < 4.78 is 23.2. The molecule has 110 valence electrons. The number of hydrogen-bond acceptors (Lipinski definition) is 3. The van der Waals surface area contributed by atoms with Gasteiger partial charge >= 0.3 is 0 Å². The summed E-state index contributed by atoms with van der Waals surface area (Å²) in [5, 5.41) is 0.651. The summed E-state index contributed by atoms with van der Waals surface area (Å²) >= 11 is 5.86. The first-order valence-electron chi connectivity index (χ1n) is 6.68. The van der Waals surface area contributed by atoms with Gasteiger partial charge in [0.15, 0.2) is 9.84 Å². The fraction of sp³-hybridized carbons (Fsp3) is 0.500. The van der Waals surface area contributed by atoms with E-state index in [0.717, 1.165) is 18.4 Å². The summed E-state index contributed by atoms with van der Waals surface area (Å²) in [5.41, 5.74) is 1.01. The van der Waals surface area contributed by atoms with Crippen molar-refractivity contribution in [1.82, 2.24) is 4.90 Å². The zero-order chi connectivity index (χ0) is 14.8. The van der Waals surface area contributed by atoms with E-state index in [1.165, 1.54) is 0 Å². The van der Waals surface area contributed by atoms with E-state index in [2.05, 4.69) is 0 Å². The van der Waals surface area contributed by atoms with E-state index in [1.54, 1.807) is 24.0 Å². The van der Waals surface area contributed by atoms with Gasteiger partial charge in [0, 0.05) is 17.3 Å². The highest BCUT2D eigenvalue weighted by molar-refractivity contribution is 7.92. The second-order valence-electron chi connectivity index (χ2n) is 4.97. The summed E-state index contributed by atoms with van der Waals surface area (Å²) in [6, 6.07) is 7.34. The molecule has 4 nitrogen and oxygen atoms in total. The number of carbonyl (C=O) groups excluding carboxylic acids is 1. The predicted molar refractivity (Wildman–Crippen MR) is 79.5 cm³/mol. The lowest BCUT2D eigenvalue weighted by Gasteiger charge is -2.25. The average molecular weight is 316 g/mol. The fourth-order valence-electron chi connectivity index (χ4n) is 2.47. The molecule has 1 aromatic carbocycles. The Labute approximate surface area is 124 Å². The number of hydrogen-bond donors (Lipinski definition) is 0. The lowest BCUT2D eigenvalue weighted by atomic mass is 10.0. The number of rotatable bonds is 4. The van der Waals surface area contributed by atoms with Crippen LogP contribution in [0.3, 0.4) is 0 Å². The molecule has 0 bridgehead atoms. The molecule has 0 aromatic heterocycles. The Balaban J connectivity index is 2.15. The topological polar surface area (TPSA) is 54.5 Å². The first kappa shape index (κ1) is 15.3. The van der Waals surface area contributed by atoms with Gasteiger partial charge in [-0.15, -0.1) is 0 Å². The zero-order valence-electron chi connectivity index (χ0n) is 11.4. The van der Waals surface area contributed by atoms with Crippen LogP contribution in [-0.4, -0.2) is 37.3 Å². The minimum absolute atomic E-state index is 0.00179.